The third kappa shape index (κ3) is 4.22. The molecule has 0 saturated carbocycles. The Morgan fingerprint density at radius 1 is 1.14 bits per heavy atom. The number of hydrogen-bond donors (Lipinski definition) is 2. The highest BCUT2D eigenvalue weighted by atomic mass is 32.2. The standard InChI is InChI=1S/C25H31N7O4S/c1-31-12-3-8-25(31)9-13-32(14-10-25)37(33,34)24-28-23(29-30-24)27-22-18(4-5-20-19(22)7-15-36-20)17-6-11-26-21(16-17)35-2/h4-6,11,16H,3,7-10,12-15H2,1-2H3,(H2,27,28,29,30). The van der Waals surface area contributed by atoms with Crippen LogP contribution in [-0.2, 0) is 16.4 Å². The van der Waals surface area contributed by atoms with Crippen LogP contribution in [0.1, 0.15) is 31.2 Å². The van der Waals surface area contributed by atoms with Crippen molar-refractivity contribution in [2.24, 2.45) is 0 Å². The van der Waals surface area contributed by atoms with E-state index in [9.17, 15) is 8.42 Å². The summed E-state index contributed by atoms with van der Waals surface area (Å²) in [6, 6.07) is 7.64. The zero-order valence-corrected chi connectivity index (χ0v) is 21.8. The summed E-state index contributed by atoms with van der Waals surface area (Å²) in [5.74, 6) is 1.55. The van der Waals surface area contributed by atoms with E-state index >= 15 is 0 Å². The molecule has 2 saturated heterocycles. The van der Waals surface area contributed by atoms with Crippen molar-refractivity contribution in [2.75, 3.05) is 45.7 Å². The first-order chi connectivity index (χ1) is 17.9. The van der Waals surface area contributed by atoms with Gasteiger partial charge < -0.3 is 19.7 Å². The third-order valence-corrected chi connectivity index (χ3v) is 9.74. The number of aromatic amines is 1. The van der Waals surface area contributed by atoms with E-state index in [1.165, 1.54) is 10.7 Å². The summed E-state index contributed by atoms with van der Waals surface area (Å²) in [5, 5.41) is 11.3. The number of nitrogens with zero attached hydrogens (tertiary/aromatic N) is 5. The molecule has 1 spiro atoms. The summed E-state index contributed by atoms with van der Waals surface area (Å²) in [6.07, 6.45) is 6.37. The molecule has 3 aliphatic heterocycles. The van der Waals surface area contributed by atoms with E-state index < -0.39 is 10.0 Å². The molecule has 0 aliphatic carbocycles. The lowest BCUT2D eigenvalue weighted by molar-refractivity contribution is 0.101. The fraction of sp³-hybridized carbons (Fsp3) is 0.480. The molecule has 12 heteroatoms. The summed E-state index contributed by atoms with van der Waals surface area (Å²) >= 11 is 0. The lowest BCUT2D eigenvalue weighted by Gasteiger charge is -2.42. The van der Waals surface area contributed by atoms with E-state index in [0.717, 1.165) is 60.4 Å². The second-order valence-corrected chi connectivity index (χ2v) is 11.8. The van der Waals surface area contributed by atoms with Gasteiger partial charge in [-0.05, 0) is 63.0 Å². The van der Waals surface area contributed by atoms with Gasteiger partial charge in [0.2, 0.25) is 11.8 Å². The van der Waals surface area contributed by atoms with Crippen LogP contribution in [0.2, 0.25) is 0 Å². The van der Waals surface area contributed by atoms with Crippen LogP contribution >= 0.6 is 0 Å². The Hall–Kier alpha value is -3.22. The SMILES string of the molecule is COc1cc(-c2ccc3c(c2Nc2nnc(S(=O)(=O)N4CCC5(CCCN5C)CC4)[nH]2)CCO3)ccn1. The van der Waals surface area contributed by atoms with Gasteiger partial charge in [-0.15, -0.1) is 10.2 Å². The number of likely N-dealkylation sites (tertiary alicyclic amines) is 1. The molecule has 1 aromatic carbocycles. The molecule has 3 aromatic rings. The molecule has 2 aromatic heterocycles. The molecule has 2 N–H and O–H groups in total. The number of rotatable bonds is 6. The van der Waals surface area contributed by atoms with Crippen LogP contribution in [0, 0.1) is 0 Å². The fourth-order valence-corrected chi connectivity index (χ4v) is 7.13. The molecule has 11 nitrogen and oxygen atoms in total. The highest BCUT2D eigenvalue weighted by Crippen LogP contribution is 2.41. The Morgan fingerprint density at radius 2 is 1.97 bits per heavy atom. The molecular formula is C25H31N7O4S. The number of nitrogens with one attached hydrogen (secondary N) is 2. The summed E-state index contributed by atoms with van der Waals surface area (Å²) in [4.78, 5) is 9.51. The maximum absolute atomic E-state index is 13.4. The van der Waals surface area contributed by atoms with Gasteiger partial charge in [-0.2, -0.15) is 4.31 Å². The molecule has 5 heterocycles. The van der Waals surface area contributed by atoms with E-state index in [-0.39, 0.29) is 16.6 Å². The molecular weight excluding hydrogens is 494 g/mol. The number of sulfonamides is 1. The van der Waals surface area contributed by atoms with Crippen LogP contribution in [0.15, 0.2) is 35.6 Å². The minimum Gasteiger partial charge on any atom is -0.493 e. The summed E-state index contributed by atoms with van der Waals surface area (Å²) in [5.41, 5.74) is 3.70. The van der Waals surface area contributed by atoms with Gasteiger partial charge in [0.05, 0.1) is 19.4 Å². The molecule has 0 amide bonds. The lowest BCUT2D eigenvalue weighted by atomic mass is 9.86. The van der Waals surface area contributed by atoms with Gasteiger partial charge in [-0.1, -0.05) is 0 Å². The van der Waals surface area contributed by atoms with Gasteiger partial charge in [0.15, 0.2) is 0 Å². The van der Waals surface area contributed by atoms with Crippen LogP contribution in [-0.4, -0.2) is 83.7 Å². The number of pyridine rings is 1. The average molecular weight is 526 g/mol. The van der Waals surface area contributed by atoms with Crippen LogP contribution in [0.25, 0.3) is 11.1 Å². The molecule has 2 fully saturated rings. The molecule has 196 valence electrons. The highest BCUT2D eigenvalue weighted by Gasteiger charge is 2.44. The van der Waals surface area contributed by atoms with E-state index in [1.54, 1.807) is 13.3 Å². The number of ether oxygens (including phenoxy) is 2. The number of piperidine rings is 1. The number of benzene rings is 1. The number of anilines is 2. The quantitative estimate of drug-likeness (QED) is 0.500. The molecule has 6 rings (SSSR count). The van der Waals surface area contributed by atoms with Crippen molar-refractivity contribution >= 4 is 21.7 Å². The van der Waals surface area contributed by atoms with Crippen LogP contribution in [0.3, 0.4) is 0 Å². The Morgan fingerprint density at radius 3 is 2.73 bits per heavy atom. The van der Waals surface area contributed by atoms with Gasteiger partial charge in [0.1, 0.15) is 5.75 Å². The molecule has 0 radical (unpaired) electrons. The average Bonchev–Trinajstić information content (AvgIpc) is 3.66. The van der Waals surface area contributed by atoms with Crippen molar-refractivity contribution in [1.29, 1.82) is 0 Å². The first-order valence-corrected chi connectivity index (χ1v) is 14.0. The summed E-state index contributed by atoms with van der Waals surface area (Å²) in [6.45, 7) is 2.61. The Bertz CT molecular complexity index is 1420. The topological polar surface area (TPSA) is 126 Å². The van der Waals surface area contributed by atoms with E-state index in [4.69, 9.17) is 9.47 Å². The predicted octanol–water partition coefficient (Wildman–Crippen LogP) is 2.80. The van der Waals surface area contributed by atoms with Gasteiger partial charge in [0, 0.05) is 48.4 Å². The van der Waals surface area contributed by atoms with Gasteiger partial charge in [-0.3, -0.25) is 4.98 Å². The zero-order chi connectivity index (χ0) is 25.6. The number of aromatic nitrogens is 4. The van der Waals surface area contributed by atoms with Gasteiger partial charge in [-0.25, -0.2) is 13.4 Å². The maximum Gasteiger partial charge on any atom is 0.278 e. The van der Waals surface area contributed by atoms with Crippen molar-refractivity contribution in [3.63, 3.8) is 0 Å². The number of hydrogen-bond acceptors (Lipinski definition) is 9. The number of fused-ring (bicyclic) bond motifs is 1. The Labute approximate surface area is 216 Å². The Balaban J connectivity index is 1.26. The first-order valence-electron chi connectivity index (χ1n) is 12.6. The van der Waals surface area contributed by atoms with Crippen molar-refractivity contribution in [1.82, 2.24) is 29.4 Å². The molecule has 0 atom stereocenters. The number of methoxy groups -OCH3 is 1. The zero-order valence-electron chi connectivity index (χ0n) is 21.0. The maximum atomic E-state index is 13.4. The van der Waals surface area contributed by atoms with E-state index in [0.29, 0.717) is 25.6 Å². The van der Waals surface area contributed by atoms with Crippen LogP contribution in [0.5, 0.6) is 11.6 Å². The molecule has 37 heavy (non-hydrogen) atoms. The minimum absolute atomic E-state index is 0.127. The fourth-order valence-electron chi connectivity index (χ4n) is 5.85. The highest BCUT2D eigenvalue weighted by molar-refractivity contribution is 7.88. The largest absolute Gasteiger partial charge is 0.493 e. The summed E-state index contributed by atoms with van der Waals surface area (Å²) < 4.78 is 39.4. The molecule has 0 unspecified atom stereocenters. The van der Waals surface area contributed by atoms with Crippen LogP contribution < -0.4 is 14.8 Å². The summed E-state index contributed by atoms with van der Waals surface area (Å²) in [7, 11) is -0.0619. The van der Waals surface area contributed by atoms with Crippen molar-refractivity contribution in [3.05, 3.63) is 36.0 Å². The second-order valence-electron chi connectivity index (χ2n) is 9.91. The predicted molar refractivity (Wildman–Crippen MR) is 138 cm³/mol. The second kappa shape index (κ2) is 9.26. The first kappa shape index (κ1) is 24.1. The van der Waals surface area contributed by atoms with Gasteiger partial charge in [0.25, 0.3) is 15.2 Å². The Kier molecular flexibility index (Phi) is 6.04. The van der Waals surface area contributed by atoms with E-state index in [1.807, 2.05) is 24.3 Å². The minimum atomic E-state index is -3.78. The smallest absolute Gasteiger partial charge is 0.278 e. The monoisotopic (exact) mass is 525 g/mol. The van der Waals surface area contributed by atoms with Gasteiger partial charge >= 0.3 is 0 Å². The lowest BCUT2D eigenvalue weighted by Crippen LogP contribution is -2.52. The molecule has 0 bridgehead atoms. The third-order valence-electron chi connectivity index (χ3n) is 8.03. The molecule has 3 aliphatic rings. The van der Waals surface area contributed by atoms with E-state index in [2.05, 4.69) is 37.4 Å². The van der Waals surface area contributed by atoms with Crippen molar-refractivity contribution in [2.45, 2.75) is 42.8 Å². The van der Waals surface area contributed by atoms with Crippen LogP contribution in [0.4, 0.5) is 11.6 Å². The normalized spacial score (nSPS) is 19.6. The van der Waals surface area contributed by atoms with Crippen molar-refractivity contribution in [3.8, 4) is 22.8 Å². The number of H-pyrrole nitrogens is 1. The van der Waals surface area contributed by atoms with Crippen molar-refractivity contribution < 1.29 is 17.9 Å².